The molecule has 1 aliphatic heterocycles. The quantitative estimate of drug-likeness (QED) is 0.609. The molecule has 3 atom stereocenters. The van der Waals surface area contributed by atoms with Crippen LogP contribution >= 0.6 is 0 Å². The molecule has 5 rings (SSSR count). The van der Waals surface area contributed by atoms with Gasteiger partial charge in [-0.3, -0.25) is 14.4 Å². The van der Waals surface area contributed by atoms with E-state index in [1.165, 1.54) is 6.92 Å². The van der Waals surface area contributed by atoms with Crippen molar-refractivity contribution in [2.45, 2.75) is 78.2 Å². The van der Waals surface area contributed by atoms with Crippen molar-refractivity contribution in [3.05, 3.63) is 56.9 Å². The molecule has 1 unspecified atom stereocenters. The Morgan fingerprint density at radius 3 is 2.37 bits per heavy atom. The summed E-state index contributed by atoms with van der Waals surface area (Å²) >= 11 is 0. The van der Waals surface area contributed by atoms with Crippen LogP contribution in [0.25, 0.3) is 0 Å². The Labute approximate surface area is 206 Å². The minimum absolute atomic E-state index is 0.0672. The van der Waals surface area contributed by atoms with Crippen molar-refractivity contribution >= 4 is 17.3 Å². The number of allylic oxidation sites excluding steroid dienone is 2. The number of aliphatic hydroxyl groups excluding tert-OH is 1. The maximum atomic E-state index is 14.1. The Hall–Kier alpha value is -2.57. The van der Waals surface area contributed by atoms with Gasteiger partial charge in [0.2, 0.25) is 5.78 Å². The number of carbonyl (C=O) groups excluding carboxylic acids is 3. The van der Waals surface area contributed by atoms with Crippen LogP contribution in [-0.2, 0) is 20.7 Å². The van der Waals surface area contributed by atoms with E-state index in [4.69, 9.17) is 4.74 Å². The molecule has 35 heavy (non-hydrogen) atoms. The van der Waals surface area contributed by atoms with Gasteiger partial charge in [-0.1, -0.05) is 31.6 Å². The first-order chi connectivity index (χ1) is 16.4. The van der Waals surface area contributed by atoms with E-state index >= 15 is 0 Å². The maximum Gasteiger partial charge on any atom is 0.206 e. The zero-order valence-electron chi connectivity index (χ0n) is 21.2. The highest BCUT2D eigenvalue weighted by Crippen LogP contribution is 2.62. The van der Waals surface area contributed by atoms with E-state index in [1.807, 2.05) is 19.9 Å². The fourth-order valence-corrected chi connectivity index (χ4v) is 7.69. The molecule has 3 aliphatic carbocycles. The molecule has 186 valence electrons. The summed E-state index contributed by atoms with van der Waals surface area (Å²) in [6.07, 6.45) is 2.96. The minimum Gasteiger partial charge on any atom is -0.508 e. The number of Topliss-reactive ketones (excluding diaryl/α,β-unsaturated/α-hetero) is 3. The van der Waals surface area contributed by atoms with E-state index in [1.54, 1.807) is 13.8 Å². The van der Waals surface area contributed by atoms with E-state index < -0.39 is 33.8 Å². The van der Waals surface area contributed by atoms with Crippen LogP contribution in [-0.4, -0.2) is 46.4 Å². The highest BCUT2D eigenvalue weighted by molar-refractivity contribution is 6.25. The van der Waals surface area contributed by atoms with Gasteiger partial charge in [0, 0.05) is 35.2 Å². The molecule has 0 amide bonds. The first kappa shape index (κ1) is 24.1. The Bertz CT molecular complexity index is 1250. The van der Waals surface area contributed by atoms with Crippen molar-refractivity contribution in [2.75, 3.05) is 13.2 Å². The number of hydrogen-bond acceptors (Lipinski definition) is 6. The molecule has 1 fully saturated rings. The highest BCUT2D eigenvalue weighted by atomic mass is 16.5. The smallest absolute Gasteiger partial charge is 0.206 e. The van der Waals surface area contributed by atoms with Crippen LogP contribution in [0, 0.1) is 17.8 Å². The van der Waals surface area contributed by atoms with Gasteiger partial charge in [-0.2, -0.15) is 0 Å². The summed E-state index contributed by atoms with van der Waals surface area (Å²) < 4.78 is 5.51. The van der Waals surface area contributed by atoms with Gasteiger partial charge in [-0.25, -0.2) is 0 Å². The van der Waals surface area contributed by atoms with Gasteiger partial charge in [0.25, 0.3) is 0 Å². The molecule has 0 bridgehead atoms. The third kappa shape index (κ3) is 3.12. The van der Waals surface area contributed by atoms with E-state index in [0.717, 1.165) is 29.5 Å². The summed E-state index contributed by atoms with van der Waals surface area (Å²) in [6, 6.07) is 4.17. The van der Waals surface area contributed by atoms with Crippen molar-refractivity contribution in [3.63, 3.8) is 0 Å². The minimum atomic E-state index is -2.30. The number of hydrogen-bond donors (Lipinski definition) is 2. The molecule has 0 spiro atoms. The molecule has 0 saturated carbocycles. The van der Waals surface area contributed by atoms with Crippen molar-refractivity contribution < 1.29 is 29.3 Å². The van der Waals surface area contributed by atoms with Gasteiger partial charge in [0.15, 0.2) is 17.2 Å². The van der Waals surface area contributed by atoms with Crippen LogP contribution < -0.4 is 0 Å². The van der Waals surface area contributed by atoms with Crippen molar-refractivity contribution in [1.29, 1.82) is 0 Å². The van der Waals surface area contributed by atoms with Crippen LogP contribution in [0.3, 0.4) is 0 Å². The second kappa shape index (κ2) is 7.71. The molecular weight excluding hydrogens is 444 g/mol. The number of ether oxygens (including phenoxy) is 1. The number of benzene rings is 1. The van der Waals surface area contributed by atoms with Gasteiger partial charge < -0.3 is 14.9 Å². The summed E-state index contributed by atoms with van der Waals surface area (Å²) in [7, 11) is 0. The second-order valence-corrected chi connectivity index (χ2v) is 11.7. The van der Waals surface area contributed by atoms with Gasteiger partial charge in [0.1, 0.15) is 5.76 Å². The predicted molar refractivity (Wildman–Crippen MR) is 130 cm³/mol. The summed E-state index contributed by atoms with van der Waals surface area (Å²) in [6.45, 7) is 10.1. The monoisotopic (exact) mass is 478 g/mol. The summed E-state index contributed by atoms with van der Waals surface area (Å²) in [5.41, 5.74) is 0.121. The Balaban J connectivity index is 1.69. The zero-order valence-corrected chi connectivity index (χ0v) is 21.2. The lowest BCUT2D eigenvalue weighted by molar-refractivity contribution is -0.157. The first-order valence-electron chi connectivity index (χ1n) is 12.5. The molecule has 0 aromatic heterocycles. The molecule has 1 saturated heterocycles. The molecule has 1 aromatic carbocycles. The fraction of sp³-hybridized carbons (Fsp3) is 0.552. The van der Waals surface area contributed by atoms with E-state index in [2.05, 4.69) is 6.07 Å². The number of aliphatic hydroxyl groups is 2. The number of fused-ring (bicyclic) bond motifs is 3. The first-order valence-corrected chi connectivity index (χ1v) is 12.5. The third-order valence-electron chi connectivity index (χ3n) is 9.12. The standard InChI is InChI=1S/C29H34O6/c1-15-12-28(5)14-27(4)13-19-6-7-20(18-8-10-35-11-9-18)16(2)22(19)24(31)23(27)26(33)29(28,34)25(32)21(15)17(3)30/h6-7,18,33-34H,8-14H2,1-5H3/t27-,28+,29?/m0/s1. The van der Waals surface area contributed by atoms with Crippen LogP contribution in [0.1, 0.15) is 86.3 Å². The van der Waals surface area contributed by atoms with Crippen LogP contribution in [0.15, 0.2) is 34.6 Å². The molecule has 1 aromatic rings. The fourth-order valence-electron chi connectivity index (χ4n) is 7.69. The maximum absolute atomic E-state index is 14.1. The number of rotatable bonds is 2. The molecule has 1 heterocycles. The Morgan fingerprint density at radius 1 is 1.09 bits per heavy atom. The molecule has 4 aliphatic rings. The second-order valence-electron chi connectivity index (χ2n) is 11.7. The molecule has 6 nitrogen and oxygen atoms in total. The Kier molecular flexibility index (Phi) is 5.32. The third-order valence-corrected chi connectivity index (χ3v) is 9.12. The van der Waals surface area contributed by atoms with Crippen LogP contribution in [0.5, 0.6) is 0 Å². The Morgan fingerprint density at radius 2 is 1.74 bits per heavy atom. The van der Waals surface area contributed by atoms with Gasteiger partial charge in [-0.15, -0.1) is 0 Å². The van der Waals surface area contributed by atoms with Crippen molar-refractivity contribution in [3.8, 4) is 0 Å². The number of ketones is 3. The zero-order chi connectivity index (χ0) is 25.5. The SMILES string of the molecule is CC(=O)C1=C(C)C[C@]2(C)C[C@]3(C)Cc4ccc(C5CCOCC5)c(C)c4C(=O)C3=C(O)C2(O)C1=O. The molecule has 2 N–H and O–H groups in total. The summed E-state index contributed by atoms with van der Waals surface area (Å²) in [4.78, 5) is 39.9. The van der Waals surface area contributed by atoms with Crippen LogP contribution in [0.4, 0.5) is 0 Å². The van der Waals surface area contributed by atoms with E-state index in [9.17, 15) is 24.6 Å². The van der Waals surface area contributed by atoms with Gasteiger partial charge in [0.05, 0.1) is 5.57 Å². The average molecular weight is 479 g/mol. The lowest BCUT2D eigenvalue weighted by Gasteiger charge is -2.56. The molecule has 0 radical (unpaired) electrons. The average Bonchev–Trinajstić information content (AvgIpc) is 2.76. The molecular formula is C29H34O6. The van der Waals surface area contributed by atoms with Gasteiger partial charge in [-0.05, 0) is 75.5 Å². The van der Waals surface area contributed by atoms with Crippen molar-refractivity contribution in [1.82, 2.24) is 0 Å². The normalized spacial score (nSPS) is 33.4. The molecule has 6 heteroatoms. The lowest BCUT2D eigenvalue weighted by Crippen LogP contribution is -2.63. The lowest BCUT2D eigenvalue weighted by atomic mass is 9.48. The van der Waals surface area contributed by atoms with Crippen molar-refractivity contribution in [2.24, 2.45) is 10.8 Å². The van der Waals surface area contributed by atoms with E-state index in [0.29, 0.717) is 49.5 Å². The summed E-state index contributed by atoms with van der Waals surface area (Å²) in [5.74, 6) is -1.82. The van der Waals surface area contributed by atoms with E-state index in [-0.39, 0.29) is 16.9 Å². The predicted octanol–water partition coefficient (Wildman–Crippen LogP) is 4.47. The highest BCUT2D eigenvalue weighted by Gasteiger charge is 2.67. The summed E-state index contributed by atoms with van der Waals surface area (Å²) in [5, 5.41) is 23.4. The number of carbonyl (C=O) groups is 3. The van der Waals surface area contributed by atoms with Crippen LogP contribution in [0.2, 0.25) is 0 Å². The topological polar surface area (TPSA) is 101 Å². The largest absolute Gasteiger partial charge is 0.508 e. The van der Waals surface area contributed by atoms with Gasteiger partial charge >= 0.3 is 0 Å².